The topological polar surface area (TPSA) is 84.9 Å². The smallest absolute Gasteiger partial charge is 0.407 e. The molecule has 0 aromatic heterocycles. The van der Waals surface area contributed by atoms with Crippen LogP contribution in [0.25, 0.3) is 0 Å². The highest BCUT2D eigenvalue weighted by Crippen LogP contribution is 2.52. The van der Waals surface area contributed by atoms with Crippen molar-refractivity contribution in [2.75, 3.05) is 19.5 Å². The molecule has 1 fully saturated rings. The Hall–Kier alpha value is -1.52. The van der Waals surface area contributed by atoms with Crippen LogP contribution in [-0.2, 0) is 9.30 Å². The summed E-state index contributed by atoms with van der Waals surface area (Å²) in [5, 5.41) is 2.78. The van der Waals surface area contributed by atoms with E-state index in [1.807, 2.05) is 18.2 Å². The molecule has 0 bridgehead atoms. The molecule has 1 aromatic carbocycles. The van der Waals surface area contributed by atoms with E-state index in [9.17, 15) is 14.3 Å². The molecule has 2 rings (SSSR count). The number of amides is 1. The maximum absolute atomic E-state index is 12.6. The number of para-hydroxylation sites is 1. The van der Waals surface area contributed by atoms with Gasteiger partial charge in [-0.05, 0) is 56.6 Å². The van der Waals surface area contributed by atoms with Crippen LogP contribution in [0.3, 0.4) is 0 Å². The number of hydrogen-bond acceptors (Lipinski definition) is 4. The Kier molecular flexibility index (Phi) is 9.16. The first-order valence-corrected chi connectivity index (χ1v) is 11.8. The van der Waals surface area contributed by atoms with Gasteiger partial charge in [0.05, 0.1) is 6.61 Å². The van der Waals surface area contributed by atoms with E-state index in [1.165, 1.54) is 0 Å². The van der Waals surface area contributed by atoms with Crippen molar-refractivity contribution in [1.82, 2.24) is 5.32 Å². The van der Waals surface area contributed by atoms with E-state index in [2.05, 4.69) is 12.2 Å². The van der Waals surface area contributed by atoms with E-state index in [0.717, 1.165) is 44.9 Å². The van der Waals surface area contributed by atoms with Crippen LogP contribution in [0.4, 0.5) is 4.79 Å². The van der Waals surface area contributed by atoms with Crippen LogP contribution >= 0.6 is 7.37 Å². The summed E-state index contributed by atoms with van der Waals surface area (Å²) in [5.74, 6) is 1.10. The first-order chi connectivity index (χ1) is 13.0. The van der Waals surface area contributed by atoms with Gasteiger partial charge in [0.15, 0.2) is 6.35 Å². The second-order valence-corrected chi connectivity index (χ2v) is 9.72. The van der Waals surface area contributed by atoms with E-state index < -0.39 is 7.37 Å². The van der Waals surface area contributed by atoms with Gasteiger partial charge in [0.1, 0.15) is 5.75 Å². The Bertz CT molecular complexity index is 602. The predicted molar refractivity (Wildman–Crippen MR) is 106 cm³/mol. The fraction of sp³-hybridized carbons (Fsp3) is 0.650. The SMILES string of the molecule is CCCCOC(=O)NCCC1CCC(P(=O)(O)COc2ccccc2)CC1. The van der Waals surface area contributed by atoms with Crippen molar-refractivity contribution >= 4 is 13.5 Å². The number of carbonyl (C=O) groups is 1. The number of nitrogens with one attached hydrogen (secondary N) is 1. The third kappa shape index (κ3) is 7.94. The summed E-state index contributed by atoms with van der Waals surface area (Å²) >= 11 is 0. The van der Waals surface area contributed by atoms with Gasteiger partial charge in [0.2, 0.25) is 7.37 Å². The minimum atomic E-state index is -3.33. The van der Waals surface area contributed by atoms with E-state index in [0.29, 0.717) is 24.8 Å². The molecule has 0 saturated heterocycles. The normalized spacial score (nSPS) is 21.9. The standard InChI is InChI=1S/C20H32NO5P/c1-2-3-15-25-20(22)21-14-13-17-9-11-19(12-10-17)27(23,24)16-26-18-7-5-4-6-8-18/h4-8,17,19H,2-3,9-16H2,1H3,(H,21,22)(H,23,24). The van der Waals surface area contributed by atoms with Crippen molar-refractivity contribution < 1.29 is 23.7 Å². The van der Waals surface area contributed by atoms with Gasteiger partial charge in [-0.2, -0.15) is 0 Å². The fourth-order valence-corrected chi connectivity index (χ4v) is 5.01. The summed E-state index contributed by atoms with van der Waals surface area (Å²) in [6.45, 7) is 3.11. The number of rotatable bonds is 10. The maximum atomic E-state index is 12.6. The van der Waals surface area contributed by atoms with Gasteiger partial charge < -0.3 is 19.7 Å². The predicted octanol–water partition coefficient (Wildman–Crippen LogP) is 4.77. The molecule has 1 unspecified atom stereocenters. The average Bonchev–Trinajstić information content (AvgIpc) is 2.68. The molecule has 1 saturated carbocycles. The molecule has 152 valence electrons. The van der Waals surface area contributed by atoms with Gasteiger partial charge in [-0.1, -0.05) is 31.5 Å². The summed E-state index contributed by atoms with van der Waals surface area (Å²) in [7, 11) is -3.33. The highest BCUT2D eigenvalue weighted by Gasteiger charge is 2.35. The second kappa shape index (κ2) is 11.4. The van der Waals surface area contributed by atoms with Crippen molar-refractivity contribution in [2.24, 2.45) is 5.92 Å². The molecule has 0 heterocycles. The second-order valence-electron chi connectivity index (χ2n) is 7.22. The van der Waals surface area contributed by atoms with Crippen LogP contribution in [0.15, 0.2) is 30.3 Å². The van der Waals surface area contributed by atoms with Gasteiger partial charge in [-0.25, -0.2) is 4.79 Å². The number of hydrogen-bond donors (Lipinski definition) is 2. The van der Waals surface area contributed by atoms with Crippen LogP contribution in [0.1, 0.15) is 51.9 Å². The highest BCUT2D eigenvalue weighted by molar-refractivity contribution is 7.58. The van der Waals surface area contributed by atoms with Crippen molar-refractivity contribution in [1.29, 1.82) is 0 Å². The van der Waals surface area contributed by atoms with Crippen LogP contribution in [0.5, 0.6) is 5.75 Å². The molecule has 1 atom stereocenters. The molecule has 1 aliphatic carbocycles. The summed E-state index contributed by atoms with van der Waals surface area (Å²) in [5.41, 5.74) is -0.190. The van der Waals surface area contributed by atoms with Crippen molar-refractivity contribution in [2.45, 2.75) is 57.5 Å². The Morgan fingerprint density at radius 3 is 2.59 bits per heavy atom. The molecule has 7 heteroatoms. The van der Waals surface area contributed by atoms with Crippen molar-refractivity contribution in [3.63, 3.8) is 0 Å². The maximum Gasteiger partial charge on any atom is 0.407 e. The van der Waals surface area contributed by atoms with Gasteiger partial charge in [-0.15, -0.1) is 0 Å². The summed E-state index contributed by atoms with van der Waals surface area (Å²) in [6.07, 6.45) is 5.57. The van der Waals surface area contributed by atoms with Crippen molar-refractivity contribution in [3.05, 3.63) is 30.3 Å². The zero-order valence-electron chi connectivity index (χ0n) is 16.1. The third-order valence-corrected chi connectivity index (χ3v) is 7.26. The lowest BCUT2D eigenvalue weighted by molar-refractivity contribution is 0.143. The molecule has 6 nitrogen and oxygen atoms in total. The number of carbonyl (C=O) groups excluding carboxylic acids is 1. The average molecular weight is 397 g/mol. The van der Waals surface area contributed by atoms with E-state index in [1.54, 1.807) is 12.1 Å². The zero-order chi connectivity index (χ0) is 19.5. The molecule has 0 aliphatic heterocycles. The minimum absolute atomic E-state index is 0.127. The van der Waals surface area contributed by atoms with Crippen LogP contribution in [-0.4, -0.2) is 36.1 Å². The number of alkyl carbamates (subject to hydrolysis) is 1. The summed E-state index contributed by atoms with van der Waals surface area (Å²) < 4.78 is 23.2. The van der Waals surface area contributed by atoms with Gasteiger partial charge in [0, 0.05) is 12.2 Å². The lowest BCUT2D eigenvalue weighted by Gasteiger charge is -2.31. The highest BCUT2D eigenvalue weighted by atomic mass is 31.2. The Morgan fingerprint density at radius 1 is 1.22 bits per heavy atom. The molecule has 27 heavy (non-hydrogen) atoms. The first-order valence-electron chi connectivity index (χ1n) is 9.91. The molecule has 1 amide bonds. The van der Waals surface area contributed by atoms with Crippen LogP contribution in [0.2, 0.25) is 0 Å². The van der Waals surface area contributed by atoms with Gasteiger partial charge in [-0.3, -0.25) is 4.57 Å². The molecule has 0 radical (unpaired) electrons. The molecular weight excluding hydrogens is 365 g/mol. The van der Waals surface area contributed by atoms with E-state index in [4.69, 9.17) is 9.47 Å². The lowest BCUT2D eigenvalue weighted by atomic mass is 9.86. The molecule has 2 N–H and O–H groups in total. The molecule has 0 spiro atoms. The Morgan fingerprint density at radius 2 is 1.93 bits per heavy atom. The minimum Gasteiger partial charge on any atom is -0.484 e. The molecule has 1 aliphatic rings. The third-order valence-electron chi connectivity index (χ3n) is 5.10. The van der Waals surface area contributed by atoms with Crippen LogP contribution in [0, 0.1) is 5.92 Å². The Labute approximate surface area is 162 Å². The molecule has 1 aromatic rings. The number of unbranched alkanes of at least 4 members (excludes halogenated alkanes) is 1. The monoisotopic (exact) mass is 397 g/mol. The van der Waals surface area contributed by atoms with Gasteiger partial charge >= 0.3 is 6.09 Å². The van der Waals surface area contributed by atoms with Crippen LogP contribution < -0.4 is 10.1 Å². The largest absolute Gasteiger partial charge is 0.484 e. The molecular formula is C20H32NO5P. The quantitative estimate of drug-likeness (QED) is 0.439. The first kappa shape index (κ1) is 21.8. The zero-order valence-corrected chi connectivity index (χ0v) is 17.0. The Balaban J connectivity index is 1.64. The van der Waals surface area contributed by atoms with Gasteiger partial charge in [0.25, 0.3) is 0 Å². The summed E-state index contributed by atoms with van der Waals surface area (Å²) in [6, 6.07) is 9.15. The lowest BCUT2D eigenvalue weighted by Crippen LogP contribution is -2.28. The van der Waals surface area contributed by atoms with E-state index in [-0.39, 0.29) is 18.1 Å². The number of ether oxygens (including phenoxy) is 2. The van der Waals surface area contributed by atoms with E-state index >= 15 is 0 Å². The number of benzene rings is 1. The fourth-order valence-electron chi connectivity index (χ4n) is 3.36. The van der Waals surface area contributed by atoms with Crippen molar-refractivity contribution in [3.8, 4) is 5.75 Å². The summed E-state index contributed by atoms with van der Waals surface area (Å²) in [4.78, 5) is 21.9.